The van der Waals surface area contributed by atoms with E-state index in [0.717, 1.165) is 4.90 Å². The van der Waals surface area contributed by atoms with Crippen LogP contribution in [0.5, 0.6) is 0 Å². The topological polar surface area (TPSA) is 101 Å². The molecule has 0 saturated carbocycles. The first-order valence-corrected chi connectivity index (χ1v) is 6.20. The number of benzene rings is 1. The van der Waals surface area contributed by atoms with Crippen LogP contribution in [0.25, 0.3) is 0 Å². The molecule has 0 fully saturated rings. The van der Waals surface area contributed by atoms with Crippen molar-refractivity contribution >= 4 is 23.7 Å². The molecule has 6 heteroatoms. The Morgan fingerprint density at radius 1 is 1.39 bits per heavy atom. The lowest BCUT2D eigenvalue weighted by Crippen LogP contribution is -2.45. The lowest BCUT2D eigenvalue weighted by atomic mass is 9.85. The van der Waals surface area contributed by atoms with Crippen LogP contribution in [0.1, 0.15) is 28.4 Å². The number of aromatic carboxylic acids is 1. The summed E-state index contributed by atoms with van der Waals surface area (Å²) in [4.78, 5) is 23.0. The van der Waals surface area contributed by atoms with Crippen molar-refractivity contribution in [1.29, 1.82) is 0 Å². The molecule has 1 heterocycles. The molecule has 0 aromatic heterocycles. The highest BCUT2D eigenvalue weighted by Crippen LogP contribution is 2.48. The number of rotatable bonds is 2. The highest BCUT2D eigenvalue weighted by atomic mass is 32.2. The monoisotopic (exact) mass is 267 g/mol. The van der Waals surface area contributed by atoms with E-state index in [4.69, 9.17) is 10.8 Å². The normalized spacial score (nSPS) is 25.8. The van der Waals surface area contributed by atoms with Crippen LogP contribution in [-0.4, -0.2) is 27.4 Å². The van der Waals surface area contributed by atoms with Crippen LogP contribution in [0, 0.1) is 6.92 Å². The number of carbonyl (C=O) groups is 2. The summed E-state index contributed by atoms with van der Waals surface area (Å²) in [5.74, 6) is -2.02. The Morgan fingerprint density at radius 2 is 2.00 bits per heavy atom. The molecule has 4 N–H and O–H groups in total. The molecule has 96 valence electrons. The number of hydrogen-bond donors (Lipinski definition) is 3. The first-order valence-electron chi connectivity index (χ1n) is 5.32. The fourth-order valence-corrected chi connectivity index (χ4v) is 3.73. The molecule has 0 bridgehead atoms. The van der Waals surface area contributed by atoms with E-state index in [1.54, 1.807) is 19.9 Å². The molecule has 1 aliphatic rings. The molecule has 0 spiro atoms. The summed E-state index contributed by atoms with van der Waals surface area (Å²) in [6, 6.07) is 3.12. The lowest BCUT2D eigenvalue weighted by Gasteiger charge is -2.25. The number of fused-ring (bicyclic) bond motifs is 1. The van der Waals surface area contributed by atoms with Crippen molar-refractivity contribution in [2.75, 3.05) is 0 Å². The van der Waals surface area contributed by atoms with E-state index in [9.17, 15) is 14.7 Å². The van der Waals surface area contributed by atoms with Gasteiger partial charge in [-0.15, -0.1) is 11.8 Å². The number of thioether (sulfide) groups is 1. The van der Waals surface area contributed by atoms with Crippen molar-refractivity contribution < 1.29 is 19.8 Å². The number of carboxylic acids is 2. The second kappa shape index (κ2) is 4.00. The summed E-state index contributed by atoms with van der Waals surface area (Å²) in [5, 5.41) is 17.5. The van der Waals surface area contributed by atoms with Crippen LogP contribution in [0.15, 0.2) is 17.0 Å². The third kappa shape index (κ3) is 1.69. The third-order valence-corrected chi connectivity index (χ3v) is 4.73. The van der Waals surface area contributed by atoms with E-state index >= 15 is 0 Å². The van der Waals surface area contributed by atoms with Crippen LogP contribution in [0.4, 0.5) is 0 Å². The molecule has 0 saturated heterocycles. The number of hydrogen-bond acceptors (Lipinski definition) is 4. The molecule has 5 nitrogen and oxygen atoms in total. The standard InChI is InChI=1S/C12H13NO4S/c1-5-6(10(14)15)3-4-7-8(5)12(2,13)9(18-7)11(16)17/h3-4,9H,13H2,1-2H3,(H,14,15)(H,16,17). The summed E-state index contributed by atoms with van der Waals surface area (Å²) in [6.07, 6.45) is 0. The van der Waals surface area contributed by atoms with Crippen LogP contribution in [0.2, 0.25) is 0 Å². The minimum absolute atomic E-state index is 0.164. The minimum Gasteiger partial charge on any atom is -0.480 e. The summed E-state index contributed by atoms with van der Waals surface area (Å²) < 4.78 is 0. The molecule has 1 aromatic carbocycles. The average Bonchev–Trinajstić information content (AvgIpc) is 2.50. The predicted octanol–water partition coefficient (Wildman–Crippen LogP) is 1.43. The zero-order chi connectivity index (χ0) is 13.7. The molecular formula is C12H13NO4S. The summed E-state index contributed by atoms with van der Waals surface area (Å²) >= 11 is 1.17. The van der Waals surface area contributed by atoms with Crippen molar-refractivity contribution in [3.05, 3.63) is 28.8 Å². The van der Waals surface area contributed by atoms with Gasteiger partial charge in [-0.05, 0) is 37.1 Å². The van der Waals surface area contributed by atoms with Crippen LogP contribution in [0.3, 0.4) is 0 Å². The van der Waals surface area contributed by atoms with Gasteiger partial charge >= 0.3 is 11.9 Å². The second-order valence-corrected chi connectivity index (χ2v) is 5.68. The van der Waals surface area contributed by atoms with E-state index in [0.29, 0.717) is 11.1 Å². The lowest BCUT2D eigenvalue weighted by molar-refractivity contribution is -0.137. The number of aliphatic carboxylic acids is 1. The zero-order valence-corrected chi connectivity index (χ0v) is 10.7. The Balaban J connectivity index is 2.65. The molecule has 1 aliphatic heterocycles. The van der Waals surface area contributed by atoms with Gasteiger partial charge in [0.15, 0.2) is 0 Å². The number of carboxylic acid groups (broad SMARTS) is 2. The van der Waals surface area contributed by atoms with Crippen molar-refractivity contribution in [2.24, 2.45) is 5.73 Å². The maximum atomic E-state index is 11.2. The molecule has 2 atom stereocenters. The van der Waals surface area contributed by atoms with Gasteiger partial charge in [0.1, 0.15) is 5.25 Å². The van der Waals surface area contributed by atoms with Crippen LogP contribution in [-0.2, 0) is 10.3 Å². The van der Waals surface area contributed by atoms with E-state index in [1.807, 2.05) is 0 Å². The third-order valence-electron chi connectivity index (χ3n) is 3.21. The molecule has 0 aliphatic carbocycles. The van der Waals surface area contributed by atoms with E-state index in [-0.39, 0.29) is 5.56 Å². The van der Waals surface area contributed by atoms with Crippen molar-refractivity contribution in [1.82, 2.24) is 0 Å². The van der Waals surface area contributed by atoms with Gasteiger partial charge in [0.05, 0.1) is 11.1 Å². The van der Waals surface area contributed by atoms with Gasteiger partial charge in [-0.2, -0.15) is 0 Å². The quantitative estimate of drug-likeness (QED) is 0.749. The summed E-state index contributed by atoms with van der Waals surface area (Å²) in [6.45, 7) is 3.29. The highest BCUT2D eigenvalue weighted by molar-refractivity contribution is 8.01. The first-order chi connectivity index (χ1) is 8.26. The van der Waals surface area contributed by atoms with E-state index in [2.05, 4.69) is 0 Å². The van der Waals surface area contributed by atoms with Gasteiger partial charge in [-0.1, -0.05) is 0 Å². The Kier molecular flexibility index (Phi) is 2.87. The van der Waals surface area contributed by atoms with E-state index < -0.39 is 22.7 Å². The molecule has 18 heavy (non-hydrogen) atoms. The second-order valence-electron chi connectivity index (χ2n) is 4.54. The highest BCUT2D eigenvalue weighted by Gasteiger charge is 2.46. The SMILES string of the molecule is Cc1c(C(=O)O)ccc2c1C(C)(N)C(C(=O)O)S2. The Morgan fingerprint density at radius 3 is 2.50 bits per heavy atom. The van der Waals surface area contributed by atoms with Gasteiger partial charge in [0.2, 0.25) is 0 Å². The maximum absolute atomic E-state index is 11.2. The smallest absolute Gasteiger partial charge is 0.335 e. The van der Waals surface area contributed by atoms with Gasteiger partial charge in [-0.3, -0.25) is 4.79 Å². The first kappa shape index (κ1) is 12.9. The zero-order valence-electron chi connectivity index (χ0n) is 9.93. The Labute approximate surface area is 108 Å². The van der Waals surface area contributed by atoms with E-state index in [1.165, 1.54) is 17.8 Å². The molecule has 1 aromatic rings. The van der Waals surface area contributed by atoms with Gasteiger partial charge in [0.25, 0.3) is 0 Å². The number of nitrogens with two attached hydrogens (primary N) is 1. The minimum atomic E-state index is -1.07. The van der Waals surface area contributed by atoms with Crippen LogP contribution < -0.4 is 5.73 Å². The average molecular weight is 267 g/mol. The largest absolute Gasteiger partial charge is 0.480 e. The van der Waals surface area contributed by atoms with Crippen molar-refractivity contribution in [2.45, 2.75) is 29.5 Å². The molecule has 2 unspecified atom stereocenters. The molecule has 0 amide bonds. The predicted molar refractivity (Wildman–Crippen MR) is 67.0 cm³/mol. The maximum Gasteiger partial charge on any atom is 0.335 e. The summed E-state index contributed by atoms with van der Waals surface area (Å²) in [7, 11) is 0. The van der Waals surface area contributed by atoms with Crippen LogP contribution >= 0.6 is 11.8 Å². The molecular weight excluding hydrogens is 254 g/mol. The van der Waals surface area contributed by atoms with Gasteiger partial charge in [-0.25, -0.2) is 4.79 Å². The fourth-order valence-electron chi connectivity index (χ4n) is 2.37. The Bertz CT molecular complexity index is 553. The van der Waals surface area contributed by atoms with Crippen molar-refractivity contribution in [3.63, 3.8) is 0 Å². The van der Waals surface area contributed by atoms with Crippen molar-refractivity contribution in [3.8, 4) is 0 Å². The molecule has 2 rings (SSSR count). The van der Waals surface area contributed by atoms with Gasteiger partial charge < -0.3 is 15.9 Å². The summed E-state index contributed by atoms with van der Waals surface area (Å²) in [5.41, 5.74) is 6.37. The molecule has 0 radical (unpaired) electrons. The Hall–Kier alpha value is -1.53. The fraction of sp³-hybridized carbons (Fsp3) is 0.333. The van der Waals surface area contributed by atoms with Gasteiger partial charge in [0, 0.05) is 4.90 Å².